The maximum absolute atomic E-state index is 13.8. The Labute approximate surface area is 107 Å². The van der Waals surface area contributed by atoms with Crippen molar-refractivity contribution in [2.24, 2.45) is 0 Å². The average molecular weight is 249 g/mol. The van der Waals surface area contributed by atoms with Gasteiger partial charge in [0.05, 0.1) is 11.6 Å². The predicted molar refractivity (Wildman–Crippen MR) is 72.2 cm³/mol. The first-order valence-corrected chi connectivity index (χ1v) is 6.43. The number of nitrogens with one attached hydrogen (secondary N) is 1. The van der Waals surface area contributed by atoms with E-state index in [0.717, 1.165) is 17.8 Å². The van der Waals surface area contributed by atoms with Gasteiger partial charge in [-0.2, -0.15) is 0 Å². The Morgan fingerprint density at radius 3 is 2.67 bits per heavy atom. The van der Waals surface area contributed by atoms with Gasteiger partial charge in [0.2, 0.25) is 0 Å². The molecule has 1 unspecified atom stereocenters. The highest BCUT2D eigenvalue weighted by Crippen LogP contribution is 2.27. The van der Waals surface area contributed by atoms with Gasteiger partial charge in [-0.15, -0.1) is 0 Å². The van der Waals surface area contributed by atoms with Gasteiger partial charge in [0.1, 0.15) is 11.3 Å². The van der Waals surface area contributed by atoms with Gasteiger partial charge in [-0.25, -0.2) is 9.37 Å². The summed E-state index contributed by atoms with van der Waals surface area (Å²) in [5.41, 5.74) is 1.34. The van der Waals surface area contributed by atoms with E-state index in [1.165, 1.54) is 6.07 Å². The molecule has 18 heavy (non-hydrogen) atoms. The zero-order chi connectivity index (χ0) is 13.3. The van der Waals surface area contributed by atoms with Crippen molar-refractivity contribution in [3.63, 3.8) is 0 Å². The van der Waals surface area contributed by atoms with Crippen molar-refractivity contribution in [3.05, 3.63) is 29.8 Å². The number of rotatable bonds is 4. The molecule has 98 valence electrons. The third-order valence-corrected chi connectivity index (χ3v) is 3.28. The summed E-state index contributed by atoms with van der Waals surface area (Å²) in [5.74, 6) is 0.661. The molecule has 0 saturated carbocycles. The fourth-order valence-corrected chi connectivity index (χ4v) is 2.41. The van der Waals surface area contributed by atoms with Crippen molar-refractivity contribution < 1.29 is 4.39 Å². The second-order valence-electron chi connectivity index (χ2n) is 4.79. The molecular formula is C14H20FN3. The van der Waals surface area contributed by atoms with Crippen molar-refractivity contribution in [2.75, 3.05) is 7.05 Å². The molecular weight excluding hydrogens is 229 g/mol. The lowest BCUT2D eigenvalue weighted by atomic mass is 10.2. The fourth-order valence-electron chi connectivity index (χ4n) is 2.41. The van der Waals surface area contributed by atoms with Gasteiger partial charge in [-0.1, -0.05) is 13.0 Å². The van der Waals surface area contributed by atoms with Gasteiger partial charge in [0.15, 0.2) is 5.82 Å². The lowest BCUT2D eigenvalue weighted by molar-refractivity contribution is 0.486. The number of hydrogen-bond acceptors (Lipinski definition) is 2. The molecule has 1 atom stereocenters. The number of para-hydroxylation sites is 1. The quantitative estimate of drug-likeness (QED) is 0.899. The minimum absolute atomic E-state index is 0.152. The molecule has 2 rings (SSSR count). The molecule has 0 radical (unpaired) electrons. The zero-order valence-electron chi connectivity index (χ0n) is 11.4. The number of halogens is 1. The summed E-state index contributed by atoms with van der Waals surface area (Å²) in [4.78, 5) is 4.50. The van der Waals surface area contributed by atoms with Crippen LogP contribution in [0.25, 0.3) is 11.0 Å². The van der Waals surface area contributed by atoms with Crippen molar-refractivity contribution >= 4 is 11.0 Å². The summed E-state index contributed by atoms with van der Waals surface area (Å²) in [6.45, 7) is 6.29. The molecule has 0 fully saturated rings. The van der Waals surface area contributed by atoms with Crippen LogP contribution in [0, 0.1) is 5.82 Å². The highest BCUT2D eigenvalue weighted by molar-refractivity contribution is 5.77. The molecule has 0 amide bonds. The van der Waals surface area contributed by atoms with E-state index in [0.29, 0.717) is 5.52 Å². The molecule has 3 nitrogen and oxygen atoms in total. The van der Waals surface area contributed by atoms with Gasteiger partial charge in [0.25, 0.3) is 0 Å². The van der Waals surface area contributed by atoms with Crippen LogP contribution < -0.4 is 5.32 Å². The standard InChI is InChI=1S/C14H20FN3/c1-5-11(16-4)14-17-13-10(15)7-6-8-12(13)18(14)9(2)3/h6-9,11,16H,5H2,1-4H3. The number of benzene rings is 1. The average Bonchev–Trinajstić information content (AvgIpc) is 2.71. The van der Waals surface area contributed by atoms with E-state index in [9.17, 15) is 4.39 Å². The first-order valence-electron chi connectivity index (χ1n) is 6.43. The number of aromatic nitrogens is 2. The van der Waals surface area contributed by atoms with Crippen molar-refractivity contribution in [1.29, 1.82) is 0 Å². The Bertz CT molecular complexity index is 541. The maximum Gasteiger partial charge on any atom is 0.151 e. The smallest absolute Gasteiger partial charge is 0.151 e. The van der Waals surface area contributed by atoms with Gasteiger partial charge < -0.3 is 9.88 Å². The van der Waals surface area contributed by atoms with Crippen LogP contribution in [0.1, 0.15) is 45.1 Å². The van der Waals surface area contributed by atoms with Crippen LogP contribution in [-0.2, 0) is 0 Å². The Kier molecular flexibility index (Phi) is 3.66. The molecule has 1 aromatic heterocycles. The topological polar surface area (TPSA) is 29.9 Å². The first kappa shape index (κ1) is 13.0. The minimum atomic E-state index is -0.251. The molecule has 2 aromatic rings. The lowest BCUT2D eigenvalue weighted by Crippen LogP contribution is -2.21. The lowest BCUT2D eigenvalue weighted by Gasteiger charge is -2.19. The third kappa shape index (κ3) is 2.01. The van der Waals surface area contributed by atoms with Crippen LogP contribution in [0.5, 0.6) is 0 Å². The number of fused-ring (bicyclic) bond motifs is 1. The molecule has 0 aliphatic rings. The Morgan fingerprint density at radius 2 is 2.11 bits per heavy atom. The van der Waals surface area contributed by atoms with Crippen molar-refractivity contribution in [2.45, 2.75) is 39.3 Å². The first-order chi connectivity index (χ1) is 8.60. The largest absolute Gasteiger partial charge is 0.324 e. The van der Waals surface area contributed by atoms with E-state index >= 15 is 0 Å². The highest BCUT2D eigenvalue weighted by Gasteiger charge is 2.20. The third-order valence-electron chi connectivity index (χ3n) is 3.28. The van der Waals surface area contributed by atoms with Gasteiger partial charge in [0, 0.05) is 6.04 Å². The molecule has 0 aliphatic heterocycles. The summed E-state index contributed by atoms with van der Waals surface area (Å²) in [7, 11) is 1.91. The van der Waals surface area contributed by atoms with Gasteiger partial charge in [-0.05, 0) is 39.4 Å². The Balaban J connectivity index is 2.72. The summed E-state index contributed by atoms with van der Waals surface area (Å²) >= 11 is 0. The van der Waals surface area contributed by atoms with Gasteiger partial charge in [-0.3, -0.25) is 0 Å². The summed E-state index contributed by atoms with van der Waals surface area (Å²) < 4.78 is 15.9. The van der Waals surface area contributed by atoms with Crippen LogP contribution in [0.15, 0.2) is 18.2 Å². The fraction of sp³-hybridized carbons (Fsp3) is 0.500. The van der Waals surface area contributed by atoms with Crippen molar-refractivity contribution in [1.82, 2.24) is 14.9 Å². The van der Waals surface area contributed by atoms with Crippen LogP contribution in [0.3, 0.4) is 0 Å². The molecule has 0 bridgehead atoms. The van der Waals surface area contributed by atoms with Crippen LogP contribution in [0.2, 0.25) is 0 Å². The van der Waals surface area contributed by atoms with E-state index < -0.39 is 0 Å². The maximum atomic E-state index is 13.8. The Morgan fingerprint density at radius 1 is 1.39 bits per heavy atom. The Hall–Kier alpha value is -1.42. The second-order valence-corrected chi connectivity index (χ2v) is 4.79. The van der Waals surface area contributed by atoms with Gasteiger partial charge >= 0.3 is 0 Å². The molecule has 1 aromatic carbocycles. The zero-order valence-corrected chi connectivity index (χ0v) is 11.4. The summed E-state index contributed by atoms with van der Waals surface area (Å²) in [5, 5.41) is 3.24. The molecule has 1 N–H and O–H groups in total. The van der Waals surface area contributed by atoms with Crippen LogP contribution in [0.4, 0.5) is 4.39 Å². The second kappa shape index (κ2) is 5.06. The summed E-state index contributed by atoms with van der Waals surface area (Å²) in [6, 6.07) is 5.54. The van der Waals surface area contributed by atoms with E-state index in [1.807, 2.05) is 13.1 Å². The molecule has 0 spiro atoms. The van der Waals surface area contributed by atoms with Crippen LogP contribution >= 0.6 is 0 Å². The van der Waals surface area contributed by atoms with E-state index in [2.05, 4.69) is 35.6 Å². The molecule has 4 heteroatoms. The number of imidazole rings is 1. The number of hydrogen-bond donors (Lipinski definition) is 1. The SMILES string of the molecule is CCC(NC)c1nc2c(F)cccc2n1C(C)C. The molecule has 1 heterocycles. The monoisotopic (exact) mass is 249 g/mol. The predicted octanol–water partition coefficient (Wildman–Crippen LogP) is 3.43. The minimum Gasteiger partial charge on any atom is -0.324 e. The number of nitrogens with zero attached hydrogens (tertiary/aromatic N) is 2. The van der Waals surface area contributed by atoms with E-state index in [-0.39, 0.29) is 17.9 Å². The van der Waals surface area contributed by atoms with Crippen molar-refractivity contribution in [3.8, 4) is 0 Å². The molecule has 0 aliphatic carbocycles. The van der Waals surface area contributed by atoms with E-state index in [1.54, 1.807) is 6.07 Å². The normalized spacial score (nSPS) is 13.4. The van der Waals surface area contributed by atoms with Crippen LogP contribution in [-0.4, -0.2) is 16.6 Å². The highest BCUT2D eigenvalue weighted by atomic mass is 19.1. The molecule has 0 saturated heterocycles. The van der Waals surface area contributed by atoms with E-state index in [4.69, 9.17) is 0 Å². The summed E-state index contributed by atoms with van der Waals surface area (Å²) in [6.07, 6.45) is 0.925.